The van der Waals surface area contributed by atoms with Gasteiger partial charge in [-0.15, -0.1) is 6.58 Å². The van der Waals surface area contributed by atoms with Crippen molar-refractivity contribution in [1.82, 2.24) is 0 Å². The van der Waals surface area contributed by atoms with E-state index >= 15 is 0 Å². The number of rotatable bonds is 1. The van der Waals surface area contributed by atoms with Gasteiger partial charge in [0.05, 0.1) is 0 Å². The topological polar surface area (TPSA) is 0 Å². The summed E-state index contributed by atoms with van der Waals surface area (Å²) in [6.07, 6.45) is 1.83. The predicted octanol–water partition coefficient (Wildman–Crippen LogP) is 3.91. The fraction of sp³-hybridized carbons (Fsp3) is 0.167. The molecule has 0 amide bonds. The maximum Gasteiger partial charge on any atom is -0.0263 e. The molecule has 0 aliphatic rings. The molecule has 0 unspecified atom stereocenters. The van der Waals surface area contributed by atoms with Gasteiger partial charge in [0, 0.05) is 0 Å². The lowest BCUT2D eigenvalue weighted by molar-refractivity contribution is 1.42. The van der Waals surface area contributed by atoms with Gasteiger partial charge in [0.15, 0.2) is 0 Å². The Kier molecular flexibility index (Phi) is 5.72. The third-order valence-corrected chi connectivity index (χ3v) is 1.04. The lowest BCUT2D eigenvalue weighted by Crippen LogP contribution is -1.63. The molecule has 1 rings (SSSR count). The van der Waals surface area contributed by atoms with Gasteiger partial charge in [-0.05, 0) is 19.4 Å². The summed E-state index contributed by atoms with van der Waals surface area (Å²) in [6, 6.07) is 10.0. The standard InChI is InChI=1S/C8H8.C4H8/c1-2-8-6-4-3-5-7-8;1-4(2)3/h2-7H,1H2;1H2,2-3H3. The molecule has 0 aliphatic heterocycles. The average Bonchev–Trinajstić information content (AvgIpc) is 2.05. The number of allylic oxidation sites excluding steroid dienone is 1. The van der Waals surface area contributed by atoms with Gasteiger partial charge in [-0.25, -0.2) is 0 Å². The summed E-state index contributed by atoms with van der Waals surface area (Å²) >= 11 is 0. The molecule has 0 nitrogen and oxygen atoms in total. The molecule has 0 heteroatoms. The zero-order chi connectivity index (χ0) is 9.40. The largest absolute Gasteiger partial charge is 0.100 e. The number of benzene rings is 1. The van der Waals surface area contributed by atoms with Crippen LogP contribution in [0.15, 0.2) is 49.1 Å². The van der Waals surface area contributed by atoms with Crippen molar-refractivity contribution in [2.24, 2.45) is 0 Å². The Labute approximate surface area is 75.2 Å². The first-order valence-electron chi connectivity index (χ1n) is 3.96. The van der Waals surface area contributed by atoms with Gasteiger partial charge in [-0.3, -0.25) is 0 Å². The molecule has 0 heterocycles. The highest BCUT2D eigenvalue weighted by molar-refractivity contribution is 5.45. The summed E-state index contributed by atoms with van der Waals surface area (Å²) in [5, 5.41) is 0. The van der Waals surface area contributed by atoms with E-state index in [2.05, 4.69) is 13.2 Å². The molecular formula is C12H16. The van der Waals surface area contributed by atoms with Crippen molar-refractivity contribution in [2.75, 3.05) is 0 Å². The lowest BCUT2D eigenvalue weighted by Gasteiger charge is -1.85. The molecule has 12 heavy (non-hydrogen) atoms. The van der Waals surface area contributed by atoms with Crippen molar-refractivity contribution in [3.05, 3.63) is 54.6 Å². The zero-order valence-corrected chi connectivity index (χ0v) is 7.88. The minimum Gasteiger partial charge on any atom is -0.100 e. The van der Waals surface area contributed by atoms with Crippen LogP contribution in [0.5, 0.6) is 0 Å². The fourth-order valence-electron chi connectivity index (χ4n) is 0.589. The molecule has 0 fully saturated rings. The van der Waals surface area contributed by atoms with E-state index in [1.807, 2.05) is 50.3 Å². The molecule has 0 bridgehead atoms. The molecule has 0 aliphatic carbocycles. The molecule has 64 valence electrons. The highest BCUT2D eigenvalue weighted by Gasteiger charge is 1.75. The van der Waals surface area contributed by atoms with Crippen LogP contribution in [0.3, 0.4) is 0 Å². The molecular weight excluding hydrogens is 144 g/mol. The minimum absolute atomic E-state index is 1.17. The summed E-state index contributed by atoms with van der Waals surface area (Å²) in [5.74, 6) is 0. The Balaban J connectivity index is 0.000000261. The average molecular weight is 160 g/mol. The van der Waals surface area contributed by atoms with Gasteiger partial charge < -0.3 is 0 Å². The monoisotopic (exact) mass is 160 g/mol. The summed E-state index contributed by atoms with van der Waals surface area (Å²) in [7, 11) is 0. The van der Waals surface area contributed by atoms with Crippen molar-refractivity contribution in [3.8, 4) is 0 Å². The summed E-state index contributed by atoms with van der Waals surface area (Å²) < 4.78 is 0. The van der Waals surface area contributed by atoms with Crippen molar-refractivity contribution in [2.45, 2.75) is 13.8 Å². The van der Waals surface area contributed by atoms with E-state index in [0.717, 1.165) is 0 Å². The molecule has 0 saturated heterocycles. The van der Waals surface area contributed by atoms with Crippen LogP contribution in [-0.2, 0) is 0 Å². The van der Waals surface area contributed by atoms with Crippen molar-refractivity contribution in [1.29, 1.82) is 0 Å². The van der Waals surface area contributed by atoms with Crippen LogP contribution in [0.1, 0.15) is 19.4 Å². The molecule has 1 aromatic rings. The number of hydrogen-bond acceptors (Lipinski definition) is 0. The second-order valence-electron chi connectivity index (χ2n) is 2.82. The Hall–Kier alpha value is -1.30. The number of hydrogen-bond donors (Lipinski definition) is 0. The third kappa shape index (κ3) is 6.81. The lowest BCUT2D eigenvalue weighted by atomic mass is 10.2. The van der Waals surface area contributed by atoms with Gasteiger partial charge in [0.25, 0.3) is 0 Å². The normalized spacial score (nSPS) is 7.83. The Morgan fingerprint density at radius 3 is 1.83 bits per heavy atom. The maximum atomic E-state index is 3.63. The van der Waals surface area contributed by atoms with Gasteiger partial charge in [0.1, 0.15) is 0 Å². The maximum absolute atomic E-state index is 3.63. The van der Waals surface area contributed by atoms with E-state index in [1.54, 1.807) is 0 Å². The molecule has 0 aromatic heterocycles. The summed E-state index contributed by atoms with van der Waals surface area (Å²) in [5.41, 5.74) is 2.34. The van der Waals surface area contributed by atoms with E-state index in [-0.39, 0.29) is 0 Å². The molecule has 0 atom stereocenters. The highest BCUT2D eigenvalue weighted by Crippen LogP contribution is 1.97. The molecule has 1 aromatic carbocycles. The second-order valence-corrected chi connectivity index (χ2v) is 2.82. The van der Waals surface area contributed by atoms with Crippen molar-refractivity contribution < 1.29 is 0 Å². The smallest absolute Gasteiger partial charge is 0.0263 e. The van der Waals surface area contributed by atoms with Gasteiger partial charge >= 0.3 is 0 Å². The van der Waals surface area contributed by atoms with Crippen molar-refractivity contribution >= 4 is 6.08 Å². The summed E-state index contributed by atoms with van der Waals surface area (Å²) in [6.45, 7) is 11.1. The van der Waals surface area contributed by atoms with Gasteiger partial charge in [0.2, 0.25) is 0 Å². The molecule has 0 saturated carbocycles. The van der Waals surface area contributed by atoms with Crippen LogP contribution >= 0.6 is 0 Å². The van der Waals surface area contributed by atoms with E-state index in [9.17, 15) is 0 Å². The Morgan fingerprint density at radius 1 is 1.17 bits per heavy atom. The fourth-order valence-corrected chi connectivity index (χ4v) is 0.589. The van der Waals surface area contributed by atoms with Crippen LogP contribution in [0.25, 0.3) is 6.08 Å². The molecule has 0 radical (unpaired) electrons. The quantitative estimate of drug-likeness (QED) is 0.546. The Morgan fingerprint density at radius 2 is 1.58 bits per heavy atom. The predicted molar refractivity (Wildman–Crippen MR) is 57.0 cm³/mol. The first-order valence-corrected chi connectivity index (χ1v) is 3.96. The van der Waals surface area contributed by atoms with Gasteiger partial charge in [-0.1, -0.05) is 48.6 Å². The Bertz CT molecular complexity index is 227. The van der Waals surface area contributed by atoms with E-state index in [1.165, 1.54) is 11.1 Å². The van der Waals surface area contributed by atoms with E-state index in [0.29, 0.717) is 0 Å². The first-order chi connectivity index (χ1) is 5.66. The first kappa shape index (κ1) is 10.7. The van der Waals surface area contributed by atoms with Crippen LogP contribution in [0.2, 0.25) is 0 Å². The van der Waals surface area contributed by atoms with E-state index in [4.69, 9.17) is 0 Å². The van der Waals surface area contributed by atoms with Gasteiger partial charge in [-0.2, -0.15) is 0 Å². The van der Waals surface area contributed by atoms with Crippen molar-refractivity contribution in [3.63, 3.8) is 0 Å². The second kappa shape index (κ2) is 6.41. The highest BCUT2D eigenvalue weighted by atomic mass is 13.8. The molecule has 0 spiro atoms. The van der Waals surface area contributed by atoms with Crippen LogP contribution in [-0.4, -0.2) is 0 Å². The molecule has 0 N–H and O–H groups in total. The SMILES string of the molecule is C=C(C)C.C=Cc1ccccc1. The minimum atomic E-state index is 1.17. The summed E-state index contributed by atoms with van der Waals surface area (Å²) in [4.78, 5) is 0. The van der Waals surface area contributed by atoms with Crippen LogP contribution in [0, 0.1) is 0 Å². The van der Waals surface area contributed by atoms with Crippen LogP contribution < -0.4 is 0 Å². The zero-order valence-electron chi connectivity index (χ0n) is 7.88. The third-order valence-electron chi connectivity index (χ3n) is 1.04. The van der Waals surface area contributed by atoms with Crippen LogP contribution in [0.4, 0.5) is 0 Å². The van der Waals surface area contributed by atoms with E-state index < -0.39 is 0 Å².